The van der Waals surface area contributed by atoms with Gasteiger partial charge in [0.15, 0.2) is 6.61 Å². The summed E-state index contributed by atoms with van der Waals surface area (Å²) in [7, 11) is -2.45. The van der Waals surface area contributed by atoms with Gasteiger partial charge in [0, 0.05) is 23.8 Å². The molecule has 0 unspecified atom stereocenters. The number of nitrogens with zero attached hydrogens (tertiary/aromatic N) is 1. The lowest BCUT2D eigenvalue weighted by molar-refractivity contribution is -0.119. The van der Waals surface area contributed by atoms with Crippen LogP contribution in [0.4, 0.5) is 5.69 Å². The highest BCUT2D eigenvalue weighted by Gasteiger charge is 2.31. The molecule has 1 fully saturated rings. The van der Waals surface area contributed by atoms with Gasteiger partial charge in [-0.05, 0) is 55.7 Å². The molecule has 2 aromatic rings. The zero-order chi connectivity index (χ0) is 22.6. The summed E-state index contributed by atoms with van der Waals surface area (Å²) in [5, 5.41) is 3.08. The topological polar surface area (TPSA) is 102 Å². The van der Waals surface area contributed by atoms with Gasteiger partial charge in [0.2, 0.25) is 10.0 Å². The summed E-state index contributed by atoms with van der Waals surface area (Å²) in [6.45, 7) is 2.14. The molecule has 1 heterocycles. The van der Waals surface area contributed by atoms with E-state index in [4.69, 9.17) is 21.1 Å². The third-order valence-electron chi connectivity index (χ3n) is 4.87. The second kappa shape index (κ2) is 9.67. The molecule has 0 atom stereocenters. The summed E-state index contributed by atoms with van der Waals surface area (Å²) in [4.78, 5) is 24.4. The van der Waals surface area contributed by atoms with Crippen LogP contribution in [0.5, 0.6) is 5.75 Å². The fraction of sp³-hybridized carbons (Fsp3) is 0.333. The molecule has 1 aliphatic rings. The number of rotatable bonds is 7. The van der Waals surface area contributed by atoms with Gasteiger partial charge in [0.1, 0.15) is 10.6 Å². The number of aryl methyl sites for hydroxylation is 1. The standard InChI is InChI=1S/C21H23ClN2O6S/c1-14-5-7-16(12-17(14)22)23-20(25)13-30-21(26)15-6-8-18(29-2)19(11-15)31(27,28)24-9-3-4-10-24/h5-8,11-12H,3-4,9-10,13H2,1-2H3,(H,23,25). The maximum atomic E-state index is 12.9. The van der Waals surface area contributed by atoms with Gasteiger partial charge in [-0.15, -0.1) is 0 Å². The number of carbonyl (C=O) groups is 2. The molecule has 10 heteroatoms. The van der Waals surface area contributed by atoms with Gasteiger partial charge in [-0.25, -0.2) is 13.2 Å². The highest BCUT2D eigenvalue weighted by atomic mass is 35.5. The molecule has 0 radical (unpaired) electrons. The molecule has 166 valence electrons. The van der Waals surface area contributed by atoms with Crippen molar-refractivity contribution in [3.63, 3.8) is 0 Å². The van der Waals surface area contributed by atoms with Crippen LogP contribution in [0.1, 0.15) is 28.8 Å². The maximum absolute atomic E-state index is 12.9. The average Bonchev–Trinajstić information content (AvgIpc) is 3.30. The SMILES string of the molecule is COc1ccc(C(=O)OCC(=O)Nc2ccc(C)c(Cl)c2)cc1S(=O)(=O)N1CCCC1. The van der Waals surface area contributed by atoms with E-state index in [0.717, 1.165) is 18.4 Å². The number of methoxy groups -OCH3 is 1. The van der Waals surface area contributed by atoms with Gasteiger partial charge in [0.05, 0.1) is 12.7 Å². The number of esters is 1. The molecule has 1 aliphatic heterocycles. The highest BCUT2D eigenvalue weighted by molar-refractivity contribution is 7.89. The Bertz CT molecular complexity index is 1100. The summed E-state index contributed by atoms with van der Waals surface area (Å²) < 4.78 is 37.4. The molecule has 31 heavy (non-hydrogen) atoms. The first-order valence-electron chi connectivity index (χ1n) is 9.63. The monoisotopic (exact) mass is 466 g/mol. The summed E-state index contributed by atoms with van der Waals surface area (Å²) >= 11 is 6.03. The molecule has 0 saturated carbocycles. The number of carbonyl (C=O) groups excluding carboxylic acids is 2. The molecule has 1 N–H and O–H groups in total. The number of sulfonamides is 1. The highest BCUT2D eigenvalue weighted by Crippen LogP contribution is 2.30. The van der Waals surface area contributed by atoms with Gasteiger partial charge in [-0.2, -0.15) is 4.31 Å². The fourth-order valence-corrected chi connectivity index (χ4v) is 5.03. The van der Waals surface area contributed by atoms with Crippen LogP contribution < -0.4 is 10.1 Å². The normalized spacial score (nSPS) is 14.3. The number of ether oxygens (including phenoxy) is 2. The van der Waals surface area contributed by atoms with E-state index in [2.05, 4.69) is 5.32 Å². The van der Waals surface area contributed by atoms with Crippen molar-refractivity contribution in [1.82, 2.24) is 4.31 Å². The number of anilines is 1. The molecule has 1 amide bonds. The second-order valence-electron chi connectivity index (χ2n) is 7.07. The smallest absolute Gasteiger partial charge is 0.338 e. The number of hydrogen-bond acceptors (Lipinski definition) is 6. The maximum Gasteiger partial charge on any atom is 0.338 e. The van der Waals surface area contributed by atoms with Crippen molar-refractivity contribution in [2.24, 2.45) is 0 Å². The van der Waals surface area contributed by atoms with Crippen molar-refractivity contribution >= 4 is 39.2 Å². The predicted molar refractivity (Wildman–Crippen MR) is 116 cm³/mol. The van der Waals surface area contributed by atoms with Crippen LogP contribution in [0.15, 0.2) is 41.3 Å². The van der Waals surface area contributed by atoms with E-state index in [1.54, 1.807) is 18.2 Å². The number of benzene rings is 2. The first-order chi connectivity index (χ1) is 14.7. The lowest BCUT2D eigenvalue weighted by Crippen LogP contribution is -2.28. The summed E-state index contributed by atoms with van der Waals surface area (Å²) in [5.74, 6) is -1.23. The number of halogens is 1. The van der Waals surface area contributed by atoms with Gasteiger partial charge in [-0.3, -0.25) is 4.79 Å². The van der Waals surface area contributed by atoms with Crippen LogP contribution in [-0.2, 0) is 19.6 Å². The van der Waals surface area contributed by atoms with E-state index in [1.165, 1.54) is 29.6 Å². The number of hydrogen-bond donors (Lipinski definition) is 1. The van der Waals surface area contributed by atoms with Crippen molar-refractivity contribution in [1.29, 1.82) is 0 Å². The third kappa shape index (κ3) is 5.36. The summed E-state index contributed by atoms with van der Waals surface area (Å²) in [6.07, 6.45) is 1.56. The molecule has 3 rings (SSSR count). The molecule has 0 bridgehead atoms. The predicted octanol–water partition coefficient (Wildman–Crippen LogP) is 3.24. The lowest BCUT2D eigenvalue weighted by Gasteiger charge is -2.18. The zero-order valence-corrected chi connectivity index (χ0v) is 18.8. The fourth-order valence-electron chi connectivity index (χ4n) is 3.15. The van der Waals surface area contributed by atoms with Crippen LogP contribution in [0.3, 0.4) is 0 Å². The minimum Gasteiger partial charge on any atom is -0.495 e. The Morgan fingerprint density at radius 3 is 2.48 bits per heavy atom. The molecule has 0 aliphatic carbocycles. The third-order valence-corrected chi connectivity index (χ3v) is 7.20. The van der Waals surface area contributed by atoms with Gasteiger partial charge in [-0.1, -0.05) is 17.7 Å². The van der Waals surface area contributed by atoms with Gasteiger partial charge < -0.3 is 14.8 Å². The summed E-state index contributed by atoms with van der Waals surface area (Å²) in [5.41, 5.74) is 1.34. The van der Waals surface area contributed by atoms with E-state index >= 15 is 0 Å². The van der Waals surface area contributed by atoms with Crippen LogP contribution in [0.25, 0.3) is 0 Å². The Morgan fingerprint density at radius 1 is 1.13 bits per heavy atom. The number of amides is 1. The van der Waals surface area contributed by atoms with Crippen molar-refractivity contribution in [2.45, 2.75) is 24.7 Å². The molecule has 2 aromatic carbocycles. The van der Waals surface area contributed by atoms with Crippen molar-refractivity contribution in [3.8, 4) is 5.75 Å². The Labute approximate surface area is 186 Å². The van der Waals surface area contributed by atoms with Crippen LogP contribution in [0, 0.1) is 6.92 Å². The van der Waals surface area contributed by atoms with Crippen LogP contribution in [0.2, 0.25) is 5.02 Å². The molecular weight excluding hydrogens is 444 g/mol. The Morgan fingerprint density at radius 2 is 1.84 bits per heavy atom. The van der Waals surface area contributed by atoms with Crippen LogP contribution in [-0.4, -0.2) is 51.4 Å². The molecule has 0 spiro atoms. The van der Waals surface area contributed by atoms with E-state index in [0.29, 0.717) is 23.8 Å². The molecular formula is C21H23ClN2O6S. The zero-order valence-electron chi connectivity index (χ0n) is 17.2. The van der Waals surface area contributed by atoms with Crippen molar-refractivity contribution < 1.29 is 27.5 Å². The van der Waals surface area contributed by atoms with E-state index in [9.17, 15) is 18.0 Å². The first-order valence-corrected chi connectivity index (χ1v) is 11.5. The van der Waals surface area contributed by atoms with Gasteiger partial charge >= 0.3 is 5.97 Å². The van der Waals surface area contributed by atoms with Crippen molar-refractivity contribution in [3.05, 3.63) is 52.5 Å². The van der Waals surface area contributed by atoms with Crippen LogP contribution >= 0.6 is 11.6 Å². The summed E-state index contributed by atoms with van der Waals surface area (Å²) in [6, 6.07) is 9.03. The minimum atomic E-state index is -3.81. The van der Waals surface area contributed by atoms with Gasteiger partial charge in [0.25, 0.3) is 5.91 Å². The van der Waals surface area contributed by atoms with E-state index in [1.807, 2.05) is 6.92 Å². The molecule has 8 nitrogen and oxygen atoms in total. The Balaban J connectivity index is 1.70. The van der Waals surface area contributed by atoms with E-state index < -0.39 is 28.5 Å². The molecule has 0 aromatic heterocycles. The van der Waals surface area contributed by atoms with Crippen molar-refractivity contribution in [2.75, 3.05) is 32.1 Å². The quantitative estimate of drug-likeness (QED) is 0.628. The molecule has 1 saturated heterocycles. The largest absolute Gasteiger partial charge is 0.495 e. The Hall–Kier alpha value is -2.62. The number of nitrogens with one attached hydrogen (secondary N) is 1. The minimum absolute atomic E-state index is 0.00440. The first kappa shape index (κ1) is 23.1. The second-order valence-corrected chi connectivity index (χ2v) is 9.38. The average molecular weight is 467 g/mol. The lowest BCUT2D eigenvalue weighted by atomic mass is 10.2. The Kier molecular flexibility index (Phi) is 7.19. The van der Waals surface area contributed by atoms with E-state index in [-0.39, 0.29) is 16.2 Å².